The highest BCUT2D eigenvalue weighted by molar-refractivity contribution is 4.21. The molecule has 0 aromatic carbocycles. The van der Waals surface area contributed by atoms with Crippen molar-refractivity contribution in [3.05, 3.63) is 0 Å². The Kier molecular flexibility index (Phi) is 537. The zero-order chi connectivity index (χ0) is 16.5. The van der Waals surface area contributed by atoms with Gasteiger partial charge in [-0.2, -0.15) is 0 Å². The molecule has 0 radical (unpaired) electrons. The van der Waals surface area contributed by atoms with E-state index in [1.165, 1.54) is 0 Å². The summed E-state index contributed by atoms with van der Waals surface area (Å²) in [5.74, 6) is 0. The van der Waals surface area contributed by atoms with Crippen LogP contribution in [-0.2, 0) is 9.47 Å². The van der Waals surface area contributed by atoms with E-state index in [1.807, 2.05) is 0 Å². The summed E-state index contributed by atoms with van der Waals surface area (Å²) in [6, 6.07) is 0. The highest BCUT2D eigenvalue weighted by Crippen LogP contribution is 1.75. The fourth-order valence-corrected chi connectivity index (χ4v) is 0.306. The van der Waals surface area contributed by atoms with E-state index in [9.17, 15) is 0 Å². The molecule has 0 aliphatic heterocycles. The number of rotatable bonds is 8. The lowest BCUT2D eigenvalue weighted by molar-refractivity contribution is -0.0697. The number of aliphatic hydroxyl groups excluding tert-OH is 7. The van der Waals surface area contributed by atoms with Crippen LogP contribution in [0.5, 0.6) is 0 Å². The Morgan fingerprint density at radius 1 is 0.333 bits per heavy atom. The summed E-state index contributed by atoms with van der Waals surface area (Å²) in [5, 5.41) is 61.1. The predicted octanol–water partition coefficient (Wildman–Crippen LogP) is 2.19. The summed E-state index contributed by atoms with van der Waals surface area (Å²) in [5.41, 5.74) is 0. The van der Waals surface area contributed by atoms with Crippen molar-refractivity contribution in [1.29, 1.82) is 0 Å². The van der Waals surface area contributed by atoms with E-state index in [1.54, 1.807) is 0 Å². The monoisotopic (exact) mass is 468 g/mol. The van der Waals surface area contributed by atoms with Gasteiger partial charge in [-0.1, -0.05) is 74.3 Å². The van der Waals surface area contributed by atoms with Crippen molar-refractivity contribution in [1.82, 2.24) is 0 Å². The van der Waals surface area contributed by atoms with Gasteiger partial charge in [-0.15, -0.1) is 0 Å². The van der Waals surface area contributed by atoms with E-state index >= 15 is 0 Å². The van der Waals surface area contributed by atoms with E-state index in [4.69, 9.17) is 50.3 Å². The maximum atomic E-state index is 8.19. The second-order valence-electron chi connectivity index (χ2n) is 2.42. The summed E-state index contributed by atoms with van der Waals surface area (Å²) >= 11 is 0. The molecule has 0 saturated carbocycles. The lowest BCUT2D eigenvalue weighted by atomic mass is 10.8. The molecule has 0 unspecified atom stereocenters. The summed E-state index contributed by atoms with van der Waals surface area (Å²) in [6.45, 7) is -0.539. The predicted molar refractivity (Wildman–Crippen MR) is 136 cm³/mol. The van der Waals surface area contributed by atoms with Gasteiger partial charge in [-0.3, -0.25) is 0 Å². The molecule has 0 bridgehead atoms. The molecule has 0 spiro atoms. The molecule has 0 aromatic heterocycles. The summed E-state index contributed by atoms with van der Waals surface area (Å²) in [6.07, 6.45) is 0. The SMILES string of the molecule is C.C.C.C.C.C.C.C.C.C.OCCO.OCCO.OCCOCOCCO.OCO. The third-order valence-electron chi connectivity index (χ3n) is 0.838. The van der Waals surface area contributed by atoms with Gasteiger partial charge in [0.2, 0.25) is 0 Å². The first-order valence-electron chi connectivity index (χ1n) is 5.68. The summed E-state index contributed by atoms with van der Waals surface area (Å²) in [4.78, 5) is 0. The number of ether oxygens (including phenoxy) is 2. The lowest BCUT2D eigenvalue weighted by Gasteiger charge is -2.00. The second kappa shape index (κ2) is 162. The van der Waals surface area contributed by atoms with Crippen LogP contribution in [-0.4, -0.2) is 107 Å². The van der Waals surface area contributed by atoms with Crippen LogP contribution in [0, 0.1) is 0 Å². The smallest absolute Gasteiger partial charge is 0.146 e. The lowest BCUT2D eigenvalue weighted by Crippen LogP contribution is -2.06. The molecule has 0 saturated heterocycles. The van der Waals surface area contributed by atoms with E-state index in [2.05, 4.69) is 0 Å². The van der Waals surface area contributed by atoms with Crippen LogP contribution in [0.15, 0.2) is 0 Å². The Morgan fingerprint density at radius 3 is 0.600 bits per heavy atom. The normalized spacial score (nSPS) is 5.60. The fourth-order valence-electron chi connectivity index (χ4n) is 0.306. The molecule has 0 rings (SSSR count). The van der Waals surface area contributed by atoms with Crippen LogP contribution in [0.25, 0.3) is 0 Å². The van der Waals surface area contributed by atoms with E-state index in [0.29, 0.717) is 0 Å². The average Bonchev–Trinajstić information content (AvgIpc) is 2.48. The van der Waals surface area contributed by atoms with Crippen molar-refractivity contribution >= 4 is 0 Å². The average molecular weight is 469 g/mol. The molecule has 10 heteroatoms. The third kappa shape index (κ3) is 338. The first-order chi connectivity index (χ1) is 9.66. The molecule has 0 aromatic rings. The van der Waals surface area contributed by atoms with Crippen molar-refractivity contribution in [3.63, 3.8) is 0 Å². The number of aliphatic hydroxyl groups is 8. The van der Waals surface area contributed by atoms with Gasteiger partial charge in [0.1, 0.15) is 13.6 Å². The van der Waals surface area contributed by atoms with Crippen LogP contribution in [0.4, 0.5) is 0 Å². The number of hydrogen-bond acceptors (Lipinski definition) is 10. The van der Waals surface area contributed by atoms with Gasteiger partial charge < -0.3 is 50.3 Å². The Bertz CT molecular complexity index is 99.6. The van der Waals surface area contributed by atoms with Crippen LogP contribution < -0.4 is 0 Å². The molecule has 8 N–H and O–H groups in total. The minimum Gasteiger partial charge on any atom is -0.394 e. The highest BCUT2D eigenvalue weighted by atomic mass is 16.7. The zero-order valence-corrected chi connectivity index (χ0v) is 11.5. The molecule has 0 fully saturated rings. The molecular formula is C20H68O10. The van der Waals surface area contributed by atoms with Crippen LogP contribution in [0.3, 0.4) is 0 Å². The summed E-state index contributed by atoms with van der Waals surface area (Å²) < 4.78 is 9.40. The molecule has 0 amide bonds. The molecular weight excluding hydrogens is 400 g/mol. The van der Waals surface area contributed by atoms with Crippen LogP contribution >= 0.6 is 0 Å². The maximum absolute atomic E-state index is 8.19. The van der Waals surface area contributed by atoms with E-state index < -0.39 is 6.79 Å². The third-order valence-corrected chi connectivity index (χ3v) is 0.838. The zero-order valence-electron chi connectivity index (χ0n) is 11.5. The maximum Gasteiger partial charge on any atom is 0.146 e. The van der Waals surface area contributed by atoms with Gasteiger partial charge >= 0.3 is 0 Å². The first kappa shape index (κ1) is 99.5. The van der Waals surface area contributed by atoms with Crippen molar-refractivity contribution in [2.24, 2.45) is 0 Å². The first-order valence-corrected chi connectivity index (χ1v) is 5.68. The van der Waals surface area contributed by atoms with Gasteiger partial charge in [-0.05, 0) is 0 Å². The Balaban J connectivity index is -0.00000000914. The Hall–Kier alpha value is -0.400. The van der Waals surface area contributed by atoms with E-state index in [-0.39, 0.29) is 134 Å². The minimum absolute atomic E-state index is 0. The molecule has 208 valence electrons. The van der Waals surface area contributed by atoms with Gasteiger partial charge in [0.25, 0.3) is 0 Å². The molecule has 0 atom stereocenters. The fraction of sp³-hybridized carbons (Fsp3) is 1.00. The molecule has 10 nitrogen and oxygen atoms in total. The molecule has 0 aliphatic rings. The van der Waals surface area contributed by atoms with Gasteiger partial charge in [-0.25, -0.2) is 0 Å². The standard InChI is InChI=1S/C5H12O4.2C2H6O2.CH4O2.10CH4/c6-1-3-8-5-9-4-2-7;2*3-1-2-4;2-1-3;;;;;;;;;;/h6-7H,1-5H2;2*3-4H,1-2H2;2-3H,1H2;10*1H4. The number of hydrogen-bond donors (Lipinski definition) is 8. The van der Waals surface area contributed by atoms with Gasteiger partial charge in [0.05, 0.1) is 52.9 Å². The van der Waals surface area contributed by atoms with Gasteiger partial charge in [0, 0.05) is 0 Å². The van der Waals surface area contributed by atoms with Crippen molar-refractivity contribution in [2.45, 2.75) is 74.3 Å². The van der Waals surface area contributed by atoms with E-state index in [0.717, 1.165) is 0 Å². The highest BCUT2D eigenvalue weighted by Gasteiger charge is 1.84. The Morgan fingerprint density at radius 2 is 0.500 bits per heavy atom. The van der Waals surface area contributed by atoms with Crippen molar-refractivity contribution < 1.29 is 50.3 Å². The Labute approximate surface area is 191 Å². The van der Waals surface area contributed by atoms with Crippen LogP contribution in [0.2, 0.25) is 0 Å². The largest absolute Gasteiger partial charge is 0.394 e. The van der Waals surface area contributed by atoms with Crippen molar-refractivity contribution in [3.8, 4) is 0 Å². The topological polar surface area (TPSA) is 180 Å². The second-order valence-corrected chi connectivity index (χ2v) is 2.42. The molecule has 0 aliphatic carbocycles. The van der Waals surface area contributed by atoms with Crippen molar-refractivity contribution in [2.75, 3.05) is 66.4 Å². The minimum atomic E-state index is -0.750. The molecule has 0 heterocycles. The van der Waals surface area contributed by atoms with Gasteiger partial charge in [0.15, 0.2) is 0 Å². The summed E-state index contributed by atoms with van der Waals surface area (Å²) in [7, 11) is 0. The van der Waals surface area contributed by atoms with Crippen LogP contribution in [0.1, 0.15) is 74.3 Å². The molecule has 30 heavy (non-hydrogen) atoms. The quantitative estimate of drug-likeness (QED) is 0.194.